The van der Waals surface area contributed by atoms with Crippen LogP contribution in [0.1, 0.15) is 36.5 Å². The highest BCUT2D eigenvalue weighted by Gasteiger charge is 2.41. The molecule has 1 aromatic carbocycles. The molecule has 0 unspecified atom stereocenters. The van der Waals surface area contributed by atoms with Crippen molar-refractivity contribution in [1.82, 2.24) is 5.32 Å². The van der Waals surface area contributed by atoms with Crippen molar-refractivity contribution < 1.29 is 19.1 Å². The maximum absolute atomic E-state index is 12.4. The van der Waals surface area contributed by atoms with Gasteiger partial charge in [0.25, 0.3) is 5.91 Å². The lowest BCUT2D eigenvalue weighted by molar-refractivity contribution is -0.121. The molecule has 1 saturated heterocycles. The van der Waals surface area contributed by atoms with E-state index in [4.69, 9.17) is 4.74 Å². The zero-order valence-corrected chi connectivity index (χ0v) is 12.4. The molecule has 0 bridgehead atoms. The Hall–Kier alpha value is -2.21. The molecule has 116 valence electrons. The lowest BCUT2D eigenvalue weighted by Gasteiger charge is -2.15. The minimum absolute atomic E-state index is 0.189. The van der Waals surface area contributed by atoms with Gasteiger partial charge in [0.05, 0.1) is 30.3 Å². The fourth-order valence-corrected chi connectivity index (χ4v) is 2.53. The van der Waals surface area contributed by atoms with Crippen LogP contribution in [0.15, 0.2) is 24.3 Å². The van der Waals surface area contributed by atoms with Crippen LogP contribution in [0.2, 0.25) is 0 Å². The fraction of sp³-hybridized carbons (Fsp3) is 0.438. The predicted octanol–water partition coefficient (Wildman–Crippen LogP) is 1.25. The number of benzene rings is 1. The summed E-state index contributed by atoms with van der Waals surface area (Å²) >= 11 is 0. The van der Waals surface area contributed by atoms with Gasteiger partial charge in [-0.1, -0.05) is 0 Å². The Bertz CT molecular complexity index is 607. The molecular formula is C16H18N2O4. The van der Waals surface area contributed by atoms with Crippen LogP contribution in [0.4, 0.5) is 5.69 Å². The van der Waals surface area contributed by atoms with Crippen LogP contribution in [0.3, 0.4) is 0 Å². The smallest absolute Gasteiger partial charge is 0.338 e. The second kappa shape index (κ2) is 5.88. The molecule has 0 radical (unpaired) electrons. The predicted molar refractivity (Wildman–Crippen MR) is 79.5 cm³/mol. The molecule has 22 heavy (non-hydrogen) atoms. The summed E-state index contributed by atoms with van der Waals surface area (Å²) in [5, 5.41) is 3.19. The van der Waals surface area contributed by atoms with Gasteiger partial charge in [0, 0.05) is 6.04 Å². The number of hydrogen-bond acceptors (Lipinski definition) is 5. The zero-order valence-electron chi connectivity index (χ0n) is 12.4. The van der Waals surface area contributed by atoms with Crippen LogP contribution in [-0.2, 0) is 14.3 Å². The van der Waals surface area contributed by atoms with E-state index >= 15 is 0 Å². The third kappa shape index (κ3) is 2.87. The molecule has 2 fully saturated rings. The van der Waals surface area contributed by atoms with Crippen molar-refractivity contribution in [3.8, 4) is 0 Å². The molecule has 1 aromatic rings. The average Bonchev–Trinajstić information content (AvgIpc) is 3.27. The average molecular weight is 302 g/mol. The largest absolute Gasteiger partial charge is 0.462 e. The summed E-state index contributed by atoms with van der Waals surface area (Å²) in [7, 11) is 0. The third-order valence-electron chi connectivity index (χ3n) is 3.80. The van der Waals surface area contributed by atoms with Crippen molar-refractivity contribution in [3.05, 3.63) is 29.8 Å². The Morgan fingerprint density at radius 1 is 1.27 bits per heavy atom. The lowest BCUT2D eigenvalue weighted by atomic mass is 10.2. The van der Waals surface area contributed by atoms with Gasteiger partial charge in [-0.15, -0.1) is 0 Å². The summed E-state index contributed by atoms with van der Waals surface area (Å²) in [5.74, 6) is -0.853. The summed E-state index contributed by atoms with van der Waals surface area (Å²) in [6.07, 6.45) is 2.31. The monoisotopic (exact) mass is 302 g/mol. The summed E-state index contributed by atoms with van der Waals surface area (Å²) in [5.41, 5.74) is 0.889. The number of anilines is 1. The first-order valence-electron chi connectivity index (χ1n) is 7.50. The van der Waals surface area contributed by atoms with E-state index in [1.165, 1.54) is 4.90 Å². The quantitative estimate of drug-likeness (QED) is 0.654. The van der Waals surface area contributed by atoms with Crippen LogP contribution < -0.4 is 10.2 Å². The second-order valence-corrected chi connectivity index (χ2v) is 5.53. The maximum Gasteiger partial charge on any atom is 0.338 e. The number of nitrogens with zero attached hydrogens (tertiary/aromatic N) is 1. The molecule has 1 atom stereocenters. The molecule has 0 aromatic heterocycles. The molecule has 1 aliphatic carbocycles. The summed E-state index contributed by atoms with van der Waals surface area (Å²) in [6.45, 7) is 2.04. The highest BCUT2D eigenvalue weighted by molar-refractivity contribution is 6.22. The number of imide groups is 1. The van der Waals surface area contributed by atoms with Crippen molar-refractivity contribution in [2.45, 2.75) is 38.3 Å². The molecule has 1 N–H and O–H groups in total. The number of carbonyl (C=O) groups is 3. The van der Waals surface area contributed by atoms with E-state index in [0.717, 1.165) is 12.8 Å². The van der Waals surface area contributed by atoms with Crippen molar-refractivity contribution in [1.29, 1.82) is 0 Å². The van der Waals surface area contributed by atoms with E-state index in [0.29, 0.717) is 23.9 Å². The lowest BCUT2D eigenvalue weighted by Crippen LogP contribution is -2.39. The van der Waals surface area contributed by atoms with E-state index in [2.05, 4.69) is 5.32 Å². The Morgan fingerprint density at radius 3 is 2.55 bits per heavy atom. The number of ether oxygens (including phenoxy) is 1. The van der Waals surface area contributed by atoms with Crippen LogP contribution in [0.25, 0.3) is 0 Å². The van der Waals surface area contributed by atoms with E-state index < -0.39 is 12.0 Å². The Morgan fingerprint density at radius 2 is 1.95 bits per heavy atom. The van der Waals surface area contributed by atoms with E-state index in [9.17, 15) is 14.4 Å². The topological polar surface area (TPSA) is 75.7 Å². The summed E-state index contributed by atoms with van der Waals surface area (Å²) in [6, 6.07) is 6.27. The number of amides is 2. The van der Waals surface area contributed by atoms with Gasteiger partial charge in [-0.05, 0) is 44.0 Å². The Labute approximate surface area is 128 Å². The van der Waals surface area contributed by atoms with Gasteiger partial charge < -0.3 is 10.1 Å². The minimum atomic E-state index is -0.426. The number of rotatable bonds is 5. The minimum Gasteiger partial charge on any atom is -0.462 e. The molecular weight excluding hydrogens is 284 g/mol. The number of carbonyl (C=O) groups excluding carboxylic acids is 3. The van der Waals surface area contributed by atoms with Crippen LogP contribution in [-0.4, -0.2) is 36.5 Å². The number of hydrogen-bond donors (Lipinski definition) is 1. The summed E-state index contributed by atoms with van der Waals surface area (Å²) < 4.78 is 4.91. The molecule has 1 heterocycles. The molecule has 2 aliphatic rings. The SMILES string of the molecule is CCOC(=O)c1ccc(N2C(=O)C[C@@H](NC3CC3)C2=O)cc1. The molecule has 6 nitrogen and oxygen atoms in total. The van der Waals surface area contributed by atoms with Crippen LogP contribution in [0, 0.1) is 0 Å². The zero-order chi connectivity index (χ0) is 15.7. The van der Waals surface area contributed by atoms with Gasteiger partial charge in [0.1, 0.15) is 0 Å². The highest BCUT2D eigenvalue weighted by atomic mass is 16.5. The first kappa shape index (κ1) is 14.7. The second-order valence-electron chi connectivity index (χ2n) is 5.53. The molecule has 0 spiro atoms. The van der Waals surface area contributed by atoms with Gasteiger partial charge in [0.15, 0.2) is 0 Å². The van der Waals surface area contributed by atoms with Gasteiger partial charge in [0.2, 0.25) is 5.91 Å². The number of esters is 1. The van der Waals surface area contributed by atoms with E-state index in [1.807, 2.05) is 0 Å². The van der Waals surface area contributed by atoms with E-state index in [-0.39, 0.29) is 18.2 Å². The molecule has 1 saturated carbocycles. The van der Waals surface area contributed by atoms with E-state index in [1.54, 1.807) is 31.2 Å². The summed E-state index contributed by atoms with van der Waals surface area (Å²) in [4.78, 5) is 37.2. The van der Waals surface area contributed by atoms with Crippen molar-refractivity contribution in [2.75, 3.05) is 11.5 Å². The third-order valence-corrected chi connectivity index (χ3v) is 3.80. The van der Waals surface area contributed by atoms with Gasteiger partial charge >= 0.3 is 5.97 Å². The van der Waals surface area contributed by atoms with Crippen molar-refractivity contribution in [2.24, 2.45) is 0 Å². The Kier molecular flexibility index (Phi) is 3.94. The standard InChI is InChI=1S/C16H18N2O4/c1-2-22-16(21)10-3-7-12(8-4-10)18-14(19)9-13(15(18)20)17-11-5-6-11/h3-4,7-8,11,13,17H,2,5-6,9H2,1H3/t13-/m1/s1. The first-order chi connectivity index (χ1) is 10.6. The molecule has 3 rings (SSSR count). The van der Waals surface area contributed by atoms with Crippen molar-refractivity contribution in [3.63, 3.8) is 0 Å². The molecule has 6 heteroatoms. The van der Waals surface area contributed by atoms with Gasteiger partial charge in [-0.2, -0.15) is 0 Å². The normalized spacial score (nSPS) is 21.3. The van der Waals surface area contributed by atoms with Crippen LogP contribution in [0.5, 0.6) is 0 Å². The maximum atomic E-state index is 12.4. The van der Waals surface area contributed by atoms with Crippen LogP contribution >= 0.6 is 0 Å². The molecule has 2 amide bonds. The first-order valence-corrected chi connectivity index (χ1v) is 7.50. The Balaban J connectivity index is 1.74. The van der Waals surface area contributed by atoms with Gasteiger partial charge in [-0.3, -0.25) is 9.59 Å². The van der Waals surface area contributed by atoms with Crippen molar-refractivity contribution >= 4 is 23.5 Å². The highest BCUT2D eigenvalue weighted by Crippen LogP contribution is 2.26. The molecule has 1 aliphatic heterocycles. The number of nitrogens with one attached hydrogen (secondary N) is 1. The van der Waals surface area contributed by atoms with Gasteiger partial charge in [-0.25, -0.2) is 9.69 Å². The fourth-order valence-electron chi connectivity index (χ4n) is 2.53.